The number of hydrogen-bond acceptors (Lipinski definition) is 4. The molecule has 0 aromatic heterocycles. The van der Waals surface area contributed by atoms with Gasteiger partial charge >= 0.3 is 13.3 Å². The van der Waals surface area contributed by atoms with Crippen LogP contribution in [0.25, 0.3) is 0 Å². The Morgan fingerprint density at radius 1 is 1.33 bits per heavy atom. The van der Waals surface area contributed by atoms with E-state index in [2.05, 4.69) is 9.26 Å². The number of rotatable bonds is 3. The fourth-order valence-electron chi connectivity index (χ4n) is 0.722. The minimum absolute atomic E-state index is 0. The van der Waals surface area contributed by atoms with Crippen molar-refractivity contribution in [2.45, 2.75) is 0 Å². The molecule has 0 bridgehead atoms. The third-order valence-corrected chi connectivity index (χ3v) is 2.47. The maximum absolute atomic E-state index is 11.0. The van der Waals surface area contributed by atoms with E-state index in [-0.39, 0.29) is 35.3 Å². The maximum Gasteiger partial charge on any atom is 0.436 e. The zero-order chi connectivity index (χ0) is 10.6. The summed E-state index contributed by atoms with van der Waals surface area (Å²) in [6.45, 7) is 0. The van der Waals surface area contributed by atoms with Crippen molar-refractivity contribution >= 4 is 42.9 Å². The molecule has 1 rings (SSSR count). The van der Waals surface area contributed by atoms with Crippen molar-refractivity contribution in [1.29, 1.82) is 0 Å². The molecule has 1 aromatic rings. The Labute approximate surface area is 109 Å². The Bertz CT molecular complexity index is 367. The third-order valence-electron chi connectivity index (χ3n) is 1.43. The molecule has 1 aromatic carbocycles. The van der Waals surface area contributed by atoms with Gasteiger partial charge < -0.3 is 14.2 Å². The van der Waals surface area contributed by atoms with Crippen LogP contribution in [-0.2, 0) is 9.09 Å². The number of ether oxygens (including phenoxy) is 1. The first-order chi connectivity index (χ1) is 6.56. The van der Waals surface area contributed by atoms with Gasteiger partial charge in [-0.25, -0.2) is 9.36 Å². The summed E-state index contributed by atoms with van der Waals surface area (Å²) in [7, 11) is -3.33. The van der Waals surface area contributed by atoms with Crippen LogP contribution in [0.5, 0.6) is 5.75 Å². The van der Waals surface area contributed by atoms with Crippen LogP contribution in [0.3, 0.4) is 0 Å². The van der Waals surface area contributed by atoms with Crippen LogP contribution in [0.15, 0.2) is 30.3 Å². The van der Waals surface area contributed by atoms with Gasteiger partial charge in [-0.1, -0.05) is 18.2 Å². The molecule has 15 heavy (non-hydrogen) atoms. The summed E-state index contributed by atoms with van der Waals surface area (Å²) in [6, 6.07) is 7.99. The molecule has 0 aliphatic heterocycles. The van der Waals surface area contributed by atoms with Gasteiger partial charge in [0.1, 0.15) is 5.75 Å². The molecule has 1 N–H and O–H groups in total. The van der Waals surface area contributed by atoms with Crippen molar-refractivity contribution in [1.82, 2.24) is 0 Å². The molecule has 7 heteroatoms. The van der Waals surface area contributed by atoms with E-state index in [4.69, 9.17) is 4.89 Å². The Kier molecular flexibility index (Phi) is 6.36. The van der Waals surface area contributed by atoms with Gasteiger partial charge in [0, 0.05) is 36.7 Å². The fourth-order valence-corrected chi connectivity index (χ4v) is 1.09. The second-order valence-corrected chi connectivity index (χ2v) is 4.16. The molecule has 5 nitrogen and oxygen atoms in total. The van der Waals surface area contributed by atoms with Crippen LogP contribution in [0.2, 0.25) is 0 Å². The van der Waals surface area contributed by atoms with Crippen molar-refractivity contribution in [3.8, 4) is 5.75 Å². The molecule has 1 radical (unpaired) electrons. The number of hydrogen-bond donors (Lipinski definition) is 1. The standard InChI is InChI=1S/C8H9O5P.Na/c1-12-14(10,11)8(9)13-7-5-3-2-4-6-7;/h2-6H,1H3,(H,10,11);. The smallest absolute Gasteiger partial charge is 0.417 e. The van der Waals surface area contributed by atoms with E-state index in [9.17, 15) is 9.36 Å². The fraction of sp³-hybridized carbons (Fsp3) is 0.125. The zero-order valence-electron chi connectivity index (χ0n) is 8.41. The molecule has 0 aliphatic rings. The first-order valence-corrected chi connectivity index (χ1v) is 5.30. The van der Waals surface area contributed by atoms with E-state index >= 15 is 0 Å². The Balaban J connectivity index is 0.00000196. The van der Waals surface area contributed by atoms with Crippen molar-refractivity contribution in [2.24, 2.45) is 0 Å². The average Bonchev–Trinajstić information content (AvgIpc) is 2.19. The van der Waals surface area contributed by atoms with Crippen LogP contribution in [-0.4, -0.2) is 47.3 Å². The van der Waals surface area contributed by atoms with Crippen LogP contribution in [0.4, 0.5) is 4.79 Å². The molecule has 0 aliphatic carbocycles. The molecule has 1 unspecified atom stereocenters. The van der Waals surface area contributed by atoms with Crippen LogP contribution >= 0.6 is 7.60 Å². The summed E-state index contributed by atoms with van der Waals surface area (Å²) >= 11 is 0. The molecule has 0 heterocycles. The second kappa shape index (κ2) is 6.43. The Hall–Kier alpha value is -0.160. The van der Waals surface area contributed by atoms with Gasteiger partial charge in [0.05, 0.1) is 0 Å². The summed E-state index contributed by atoms with van der Waals surface area (Å²) in [4.78, 5) is 19.9. The van der Waals surface area contributed by atoms with Gasteiger partial charge in [0.2, 0.25) is 0 Å². The van der Waals surface area contributed by atoms with Crippen LogP contribution < -0.4 is 4.74 Å². The predicted octanol–water partition coefficient (Wildman–Crippen LogP) is 1.64. The van der Waals surface area contributed by atoms with Gasteiger partial charge in [0.15, 0.2) is 0 Å². The molecule has 77 valence electrons. The molecular formula is C8H9NaO5P. The van der Waals surface area contributed by atoms with Crippen molar-refractivity contribution < 1.29 is 23.5 Å². The second-order valence-electron chi connectivity index (χ2n) is 2.38. The summed E-state index contributed by atoms with van der Waals surface area (Å²) in [5.41, 5.74) is -1.29. The first-order valence-electron chi connectivity index (χ1n) is 3.72. The molecule has 0 spiro atoms. The molecule has 0 saturated carbocycles. The molecule has 0 amide bonds. The van der Waals surface area contributed by atoms with E-state index in [1.807, 2.05) is 0 Å². The number of benzene rings is 1. The number of carbonyl (C=O) groups is 1. The van der Waals surface area contributed by atoms with E-state index in [0.717, 1.165) is 7.11 Å². The largest absolute Gasteiger partial charge is 0.436 e. The Morgan fingerprint density at radius 2 is 1.87 bits per heavy atom. The van der Waals surface area contributed by atoms with Crippen molar-refractivity contribution in [3.05, 3.63) is 30.3 Å². The topological polar surface area (TPSA) is 72.8 Å². The van der Waals surface area contributed by atoms with Gasteiger partial charge in [-0.05, 0) is 12.1 Å². The van der Waals surface area contributed by atoms with Crippen LogP contribution in [0, 0.1) is 0 Å². The van der Waals surface area contributed by atoms with E-state index < -0.39 is 13.3 Å². The summed E-state index contributed by atoms with van der Waals surface area (Å²) < 4.78 is 19.6. The summed E-state index contributed by atoms with van der Waals surface area (Å²) in [5.74, 6) is 0.198. The van der Waals surface area contributed by atoms with Gasteiger partial charge in [-0.3, -0.25) is 0 Å². The van der Waals surface area contributed by atoms with Crippen molar-refractivity contribution in [3.63, 3.8) is 0 Å². The summed E-state index contributed by atoms with van der Waals surface area (Å²) in [5, 5.41) is 0. The minimum atomic E-state index is -4.29. The van der Waals surface area contributed by atoms with Crippen molar-refractivity contribution in [2.75, 3.05) is 7.11 Å². The number of carbonyl (C=O) groups excluding carboxylic acids is 1. The maximum atomic E-state index is 11.0. The SMILES string of the molecule is COP(=O)(O)C(=O)Oc1ccccc1.[Na]. The first kappa shape index (κ1) is 14.8. The average molecular weight is 239 g/mol. The normalized spacial score (nSPS) is 13.5. The molecule has 1 atom stereocenters. The van der Waals surface area contributed by atoms with Gasteiger partial charge in [0.25, 0.3) is 0 Å². The van der Waals surface area contributed by atoms with Gasteiger partial charge in [-0.15, -0.1) is 0 Å². The van der Waals surface area contributed by atoms with Gasteiger partial charge in [-0.2, -0.15) is 0 Å². The van der Waals surface area contributed by atoms with E-state index in [1.165, 1.54) is 12.1 Å². The Morgan fingerprint density at radius 3 is 2.33 bits per heavy atom. The minimum Gasteiger partial charge on any atom is -0.417 e. The third kappa shape index (κ3) is 4.47. The molecule has 0 fully saturated rings. The summed E-state index contributed by atoms with van der Waals surface area (Å²) in [6.07, 6.45) is 0. The quantitative estimate of drug-likeness (QED) is 0.641. The van der Waals surface area contributed by atoms with E-state index in [1.54, 1.807) is 18.2 Å². The molecule has 0 saturated heterocycles. The predicted molar refractivity (Wildman–Crippen MR) is 55.1 cm³/mol. The van der Waals surface area contributed by atoms with E-state index in [0.29, 0.717) is 0 Å². The molecular weight excluding hydrogens is 230 g/mol. The monoisotopic (exact) mass is 239 g/mol. The number of para-hydroxylation sites is 1. The van der Waals surface area contributed by atoms with Crippen LogP contribution in [0.1, 0.15) is 0 Å². The zero-order valence-corrected chi connectivity index (χ0v) is 11.3.